The molecule has 1 aliphatic heterocycles. The van der Waals surface area contributed by atoms with Crippen LogP contribution in [0.25, 0.3) is 0 Å². The molecule has 0 saturated heterocycles. The van der Waals surface area contributed by atoms with E-state index in [1.807, 2.05) is 23.2 Å². The monoisotopic (exact) mass is 428 g/mol. The van der Waals surface area contributed by atoms with Gasteiger partial charge in [-0.2, -0.15) is 0 Å². The molecule has 1 aliphatic rings. The molecule has 2 N–H and O–H groups in total. The van der Waals surface area contributed by atoms with E-state index in [1.54, 1.807) is 59.9 Å². The fourth-order valence-electron chi connectivity index (χ4n) is 2.55. The lowest BCUT2D eigenvalue weighted by Gasteiger charge is -2.22. The Kier molecular flexibility index (Phi) is 7.31. The normalized spacial score (nSPS) is 14.1. The quantitative estimate of drug-likeness (QED) is 0.548. The van der Waals surface area contributed by atoms with Crippen molar-refractivity contribution in [2.75, 3.05) is 6.54 Å². The van der Waals surface area contributed by atoms with Gasteiger partial charge in [-0.05, 0) is 78.3 Å². The van der Waals surface area contributed by atoms with Gasteiger partial charge in [-0.3, -0.25) is 14.4 Å². The van der Waals surface area contributed by atoms with Gasteiger partial charge >= 0.3 is 11.9 Å². The number of hydrogen-bond acceptors (Lipinski definition) is 6. The number of ether oxygens (including phenoxy) is 2. The summed E-state index contributed by atoms with van der Waals surface area (Å²) in [6.07, 6.45) is 6.65. The summed E-state index contributed by atoms with van der Waals surface area (Å²) in [6, 6.07) is 5.17. The van der Waals surface area contributed by atoms with Gasteiger partial charge in [-0.1, -0.05) is 12.1 Å². The third-order valence-corrected chi connectivity index (χ3v) is 4.57. The smallest absolute Gasteiger partial charge is 0.316 e. The molecule has 168 valence electrons. The molecule has 0 radical (unpaired) electrons. The molecule has 1 heterocycles. The number of benzene rings is 1. The van der Waals surface area contributed by atoms with Gasteiger partial charge in [-0.25, -0.2) is 0 Å². The molecule has 1 amide bonds. The van der Waals surface area contributed by atoms with Crippen LogP contribution in [0.5, 0.6) is 11.5 Å². The van der Waals surface area contributed by atoms with Crippen molar-refractivity contribution in [2.45, 2.75) is 54.4 Å². The van der Waals surface area contributed by atoms with E-state index in [-0.39, 0.29) is 11.5 Å². The van der Waals surface area contributed by atoms with E-state index >= 15 is 0 Å². The highest BCUT2D eigenvalue weighted by Crippen LogP contribution is 2.32. The number of hydrogen-bond donors (Lipinski definition) is 1. The summed E-state index contributed by atoms with van der Waals surface area (Å²) in [6.45, 7) is 11.1. The first-order valence-electron chi connectivity index (χ1n) is 10.3. The second-order valence-electron chi connectivity index (χ2n) is 9.66. The van der Waals surface area contributed by atoms with Crippen molar-refractivity contribution in [1.29, 1.82) is 0 Å². The molecule has 1 aromatic rings. The van der Waals surface area contributed by atoms with Gasteiger partial charge in [0.15, 0.2) is 11.5 Å². The Morgan fingerprint density at radius 2 is 1.55 bits per heavy atom. The van der Waals surface area contributed by atoms with Crippen LogP contribution < -0.4 is 15.2 Å². The minimum absolute atomic E-state index is 0.204. The summed E-state index contributed by atoms with van der Waals surface area (Å²) < 4.78 is 11.1. The molecule has 1 aromatic carbocycles. The van der Waals surface area contributed by atoms with Gasteiger partial charge in [-0.15, -0.1) is 0 Å². The average Bonchev–Trinajstić information content (AvgIpc) is 2.66. The van der Waals surface area contributed by atoms with E-state index in [4.69, 9.17) is 15.2 Å². The zero-order valence-corrected chi connectivity index (χ0v) is 19.2. The number of carbonyl (C=O) groups excluding carboxylic acids is 3. The number of allylic oxidation sites excluding steroid dienone is 1. The molecule has 0 unspecified atom stereocenters. The molecule has 2 rings (SSSR count). The number of amides is 1. The second-order valence-corrected chi connectivity index (χ2v) is 9.66. The van der Waals surface area contributed by atoms with Crippen LogP contribution in [-0.4, -0.2) is 29.3 Å². The Morgan fingerprint density at radius 3 is 2.10 bits per heavy atom. The second kappa shape index (κ2) is 9.37. The topological polar surface area (TPSA) is 98.9 Å². The third kappa shape index (κ3) is 6.98. The van der Waals surface area contributed by atoms with Crippen molar-refractivity contribution < 1.29 is 23.9 Å². The number of rotatable bonds is 6. The Labute approximate surface area is 183 Å². The summed E-state index contributed by atoms with van der Waals surface area (Å²) in [7, 11) is 0. The maximum absolute atomic E-state index is 12.5. The van der Waals surface area contributed by atoms with Crippen molar-refractivity contribution >= 4 is 17.8 Å². The average molecular weight is 429 g/mol. The van der Waals surface area contributed by atoms with Crippen LogP contribution in [0.1, 0.15) is 53.5 Å². The van der Waals surface area contributed by atoms with Gasteiger partial charge < -0.3 is 20.1 Å². The number of nitrogens with two attached hydrogens (primary N) is 1. The fourth-order valence-corrected chi connectivity index (χ4v) is 2.55. The molecular formula is C24H32N2O5. The van der Waals surface area contributed by atoms with Gasteiger partial charge in [0.1, 0.15) is 0 Å². The highest BCUT2D eigenvalue weighted by molar-refractivity contribution is 5.92. The predicted octanol–water partition coefficient (Wildman–Crippen LogP) is 3.72. The Morgan fingerprint density at radius 1 is 0.968 bits per heavy atom. The molecule has 31 heavy (non-hydrogen) atoms. The lowest BCUT2D eigenvalue weighted by atomic mass is 9.97. The van der Waals surface area contributed by atoms with Gasteiger partial charge in [0.25, 0.3) is 0 Å². The maximum atomic E-state index is 12.5. The van der Waals surface area contributed by atoms with Crippen molar-refractivity contribution in [3.63, 3.8) is 0 Å². The molecule has 0 bridgehead atoms. The minimum atomic E-state index is -0.712. The zero-order chi connectivity index (χ0) is 23.4. The van der Waals surface area contributed by atoms with Gasteiger partial charge in [0, 0.05) is 18.3 Å². The standard InChI is InChI=1S/C24H32N2O5/c1-23(2,3)21(28)30-18-10-9-16(14-19(18)31-22(29)24(4,5)6)11-13-26-12-7-8-17(15-26)20(25)27/h7,9-10,12,14-15H,8,11,13H2,1-6H3,(H2,25,27). The first-order chi connectivity index (χ1) is 14.3. The van der Waals surface area contributed by atoms with E-state index in [1.165, 1.54) is 0 Å². The van der Waals surface area contributed by atoms with Crippen LogP contribution in [0.2, 0.25) is 0 Å². The zero-order valence-electron chi connectivity index (χ0n) is 19.2. The highest BCUT2D eigenvalue weighted by Gasteiger charge is 2.28. The van der Waals surface area contributed by atoms with Crippen LogP contribution in [0.15, 0.2) is 42.2 Å². The van der Waals surface area contributed by atoms with E-state index in [0.29, 0.717) is 25.0 Å². The Hall–Kier alpha value is -3.09. The van der Waals surface area contributed by atoms with E-state index < -0.39 is 28.7 Å². The number of carbonyl (C=O) groups is 3. The number of esters is 2. The molecule has 0 fully saturated rings. The SMILES string of the molecule is CC(C)(C)C(=O)Oc1ccc(CCN2C=CCC(C(N)=O)=C2)cc1OC(=O)C(C)(C)C. The largest absolute Gasteiger partial charge is 0.422 e. The molecule has 0 saturated carbocycles. The molecule has 7 nitrogen and oxygen atoms in total. The first kappa shape index (κ1) is 24.2. The van der Waals surface area contributed by atoms with E-state index in [2.05, 4.69) is 0 Å². The first-order valence-corrected chi connectivity index (χ1v) is 10.3. The summed E-state index contributed by atoms with van der Waals surface area (Å²) in [4.78, 5) is 38.1. The lowest BCUT2D eigenvalue weighted by molar-refractivity contribution is -0.145. The van der Waals surface area contributed by atoms with Crippen LogP contribution in [-0.2, 0) is 20.8 Å². The van der Waals surface area contributed by atoms with E-state index in [0.717, 1.165) is 5.56 Å². The summed E-state index contributed by atoms with van der Waals surface area (Å²) in [5.74, 6) is -0.870. The van der Waals surface area contributed by atoms with Crippen LogP contribution in [0.3, 0.4) is 0 Å². The van der Waals surface area contributed by atoms with Crippen molar-refractivity contribution in [3.05, 3.63) is 47.8 Å². The van der Waals surface area contributed by atoms with Crippen LogP contribution in [0.4, 0.5) is 0 Å². The molecular weight excluding hydrogens is 396 g/mol. The van der Waals surface area contributed by atoms with Gasteiger partial charge in [0.2, 0.25) is 5.91 Å². The Bertz CT molecular complexity index is 917. The number of primary amides is 1. The van der Waals surface area contributed by atoms with Crippen LogP contribution >= 0.6 is 0 Å². The van der Waals surface area contributed by atoms with E-state index in [9.17, 15) is 14.4 Å². The van der Waals surface area contributed by atoms with Crippen LogP contribution in [0, 0.1) is 10.8 Å². The summed E-state index contributed by atoms with van der Waals surface area (Å²) in [5, 5.41) is 0. The summed E-state index contributed by atoms with van der Waals surface area (Å²) >= 11 is 0. The molecule has 7 heteroatoms. The minimum Gasteiger partial charge on any atom is -0.422 e. The third-order valence-electron chi connectivity index (χ3n) is 4.57. The molecule has 0 atom stereocenters. The van der Waals surface area contributed by atoms with Crippen molar-refractivity contribution in [3.8, 4) is 11.5 Å². The van der Waals surface area contributed by atoms with Crippen molar-refractivity contribution in [1.82, 2.24) is 4.90 Å². The fraction of sp³-hybridized carbons (Fsp3) is 0.458. The number of nitrogens with zero attached hydrogens (tertiary/aromatic N) is 1. The maximum Gasteiger partial charge on any atom is 0.316 e. The predicted molar refractivity (Wildman–Crippen MR) is 118 cm³/mol. The van der Waals surface area contributed by atoms with Crippen molar-refractivity contribution in [2.24, 2.45) is 16.6 Å². The lowest BCUT2D eigenvalue weighted by Crippen LogP contribution is -2.28. The summed E-state index contributed by atoms with van der Waals surface area (Å²) in [5.41, 5.74) is 5.39. The van der Waals surface area contributed by atoms with Gasteiger partial charge in [0.05, 0.1) is 10.8 Å². The highest BCUT2D eigenvalue weighted by atomic mass is 16.6. The molecule has 0 spiro atoms. The Balaban J connectivity index is 2.23. The molecule has 0 aromatic heterocycles. The molecule has 0 aliphatic carbocycles.